The fourth-order valence-corrected chi connectivity index (χ4v) is 1.85. The topological polar surface area (TPSA) is 49.2 Å². The largest absolute Gasteiger partial charge is 0.497 e. The van der Waals surface area contributed by atoms with Gasteiger partial charge in [-0.3, -0.25) is 4.68 Å². The van der Waals surface area contributed by atoms with Crippen molar-refractivity contribution in [1.82, 2.24) is 15.0 Å². The van der Waals surface area contributed by atoms with Crippen LogP contribution in [-0.2, 0) is 19.9 Å². The molecule has 1 aromatic heterocycles. The summed E-state index contributed by atoms with van der Waals surface area (Å²) in [6, 6.07) is 5.81. The van der Waals surface area contributed by atoms with Crippen molar-refractivity contribution in [2.24, 2.45) is 7.05 Å². The minimum atomic E-state index is 0.831. The lowest BCUT2D eigenvalue weighted by Crippen LogP contribution is -1.97. The molecule has 0 atom stereocenters. The van der Waals surface area contributed by atoms with E-state index >= 15 is 0 Å². The average Bonchev–Trinajstić information content (AvgIpc) is 2.81. The second kappa shape index (κ2) is 5.53. The van der Waals surface area contributed by atoms with Crippen LogP contribution in [0.5, 0.6) is 11.5 Å². The highest BCUT2D eigenvalue weighted by molar-refractivity contribution is 5.40. The Bertz CT molecular complexity index is 523. The fraction of sp³-hybridized carbons (Fsp3) is 0.385. The molecule has 18 heavy (non-hydrogen) atoms. The number of aryl methyl sites for hydroxylation is 3. The van der Waals surface area contributed by atoms with E-state index in [1.54, 1.807) is 18.9 Å². The van der Waals surface area contributed by atoms with Gasteiger partial charge in [0.05, 0.1) is 19.9 Å². The van der Waals surface area contributed by atoms with Crippen LogP contribution < -0.4 is 9.47 Å². The fourth-order valence-electron chi connectivity index (χ4n) is 1.85. The minimum absolute atomic E-state index is 0.831. The van der Waals surface area contributed by atoms with E-state index in [2.05, 4.69) is 10.3 Å². The Labute approximate surface area is 106 Å². The van der Waals surface area contributed by atoms with E-state index in [0.29, 0.717) is 0 Å². The Morgan fingerprint density at radius 1 is 1.17 bits per heavy atom. The van der Waals surface area contributed by atoms with E-state index in [1.165, 1.54) is 0 Å². The molecule has 0 N–H and O–H groups in total. The van der Waals surface area contributed by atoms with Crippen molar-refractivity contribution in [3.8, 4) is 11.5 Å². The zero-order valence-corrected chi connectivity index (χ0v) is 10.9. The predicted octanol–water partition coefficient (Wildman–Crippen LogP) is 1.62. The first-order chi connectivity index (χ1) is 8.72. The van der Waals surface area contributed by atoms with Gasteiger partial charge < -0.3 is 9.47 Å². The second-order valence-corrected chi connectivity index (χ2v) is 4.06. The number of ether oxygens (including phenoxy) is 2. The van der Waals surface area contributed by atoms with Crippen LogP contribution in [0.15, 0.2) is 24.4 Å². The summed E-state index contributed by atoms with van der Waals surface area (Å²) in [7, 11) is 5.20. The first-order valence-electron chi connectivity index (χ1n) is 5.79. The van der Waals surface area contributed by atoms with Gasteiger partial charge in [-0.2, -0.15) is 0 Å². The third-order valence-electron chi connectivity index (χ3n) is 2.79. The average molecular weight is 247 g/mol. The van der Waals surface area contributed by atoms with Gasteiger partial charge in [0.25, 0.3) is 0 Å². The van der Waals surface area contributed by atoms with Gasteiger partial charge in [-0.15, -0.1) is 5.10 Å². The van der Waals surface area contributed by atoms with Crippen molar-refractivity contribution < 1.29 is 9.47 Å². The van der Waals surface area contributed by atoms with Gasteiger partial charge in [0.15, 0.2) is 0 Å². The molecule has 0 aliphatic rings. The Balaban J connectivity index is 2.11. The molecule has 2 aromatic rings. The van der Waals surface area contributed by atoms with Gasteiger partial charge >= 0.3 is 0 Å². The molecule has 0 radical (unpaired) electrons. The van der Waals surface area contributed by atoms with Crippen LogP contribution in [0.25, 0.3) is 0 Å². The predicted molar refractivity (Wildman–Crippen MR) is 68.0 cm³/mol. The van der Waals surface area contributed by atoms with E-state index in [9.17, 15) is 0 Å². The quantitative estimate of drug-likeness (QED) is 0.805. The van der Waals surface area contributed by atoms with E-state index in [1.807, 2.05) is 31.4 Å². The molecule has 5 heteroatoms. The maximum absolute atomic E-state index is 5.34. The first-order valence-corrected chi connectivity index (χ1v) is 5.79. The molecule has 0 saturated heterocycles. The summed E-state index contributed by atoms with van der Waals surface area (Å²) in [4.78, 5) is 0. The number of aromatic nitrogens is 3. The van der Waals surface area contributed by atoms with Gasteiger partial charge in [-0.05, 0) is 36.6 Å². The van der Waals surface area contributed by atoms with Crippen molar-refractivity contribution in [1.29, 1.82) is 0 Å². The molecule has 0 bridgehead atoms. The summed E-state index contributed by atoms with van der Waals surface area (Å²) >= 11 is 0. The maximum atomic E-state index is 5.34. The van der Waals surface area contributed by atoms with E-state index in [-0.39, 0.29) is 0 Å². The third-order valence-corrected chi connectivity index (χ3v) is 2.79. The summed E-state index contributed by atoms with van der Waals surface area (Å²) < 4.78 is 12.3. The Hall–Kier alpha value is -2.04. The van der Waals surface area contributed by atoms with Crippen LogP contribution in [0.3, 0.4) is 0 Å². The number of methoxy groups -OCH3 is 2. The lowest BCUT2D eigenvalue weighted by atomic mass is 10.1. The summed E-state index contributed by atoms with van der Waals surface area (Å²) in [5.41, 5.74) is 2.09. The smallest absolute Gasteiger partial charge is 0.122 e. The third kappa shape index (κ3) is 2.80. The molecular formula is C13H17N3O2. The van der Waals surface area contributed by atoms with Crippen LogP contribution in [0.2, 0.25) is 0 Å². The van der Waals surface area contributed by atoms with Crippen molar-refractivity contribution in [3.63, 3.8) is 0 Å². The molecule has 0 saturated carbocycles. The van der Waals surface area contributed by atoms with Crippen molar-refractivity contribution in [3.05, 3.63) is 35.7 Å². The van der Waals surface area contributed by atoms with Gasteiger partial charge in [0.2, 0.25) is 0 Å². The zero-order chi connectivity index (χ0) is 13.0. The molecule has 0 amide bonds. The molecule has 0 spiro atoms. The Morgan fingerprint density at radius 2 is 2.00 bits per heavy atom. The minimum Gasteiger partial charge on any atom is -0.497 e. The monoisotopic (exact) mass is 247 g/mol. The van der Waals surface area contributed by atoms with Crippen LogP contribution in [0.4, 0.5) is 0 Å². The molecule has 2 rings (SSSR count). The van der Waals surface area contributed by atoms with Crippen LogP contribution in [0, 0.1) is 0 Å². The Morgan fingerprint density at radius 3 is 2.61 bits per heavy atom. The molecule has 0 aliphatic carbocycles. The van der Waals surface area contributed by atoms with Gasteiger partial charge in [-0.25, -0.2) is 0 Å². The highest BCUT2D eigenvalue weighted by Gasteiger charge is 2.06. The van der Waals surface area contributed by atoms with Gasteiger partial charge in [0, 0.05) is 13.2 Å². The lowest BCUT2D eigenvalue weighted by molar-refractivity contribution is 0.398. The summed E-state index contributed by atoms with van der Waals surface area (Å²) in [5.74, 6) is 1.71. The number of hydrogen-bond donors (Lipinski definition) is 0. The highest BCUT2D eigenvalue weighted by Crippen LogP contribution is 2.25. The number of benzene rings is 1. The Kier molecular flexibility index (Phi) is 3.82. The van der Waals surface area contributed by atoms with E-state index < -0.39 is 0 Å². The van der Waals surface area contributed by atoms with E-state index in [0.717, 1.165) is 35.6 Å². The lowest BCUT2D eigenvalue weighted by Gasteiger charge is -2.09. The van der Waals surface area contributed by atoms with E-state index in [4.69, 9.17) is 9.47 Å². The van der Waals surface area contributed by atoms with Gasteiger partial charge in [-0.1, -0.05) is 5.21 Å². The second-order valence-electron chi connectivity index (χ2n) is 4.06. The summed E-state index contributed by atoms with van der Waals surface area (Å²) in [6.45, 7) is 0. The normalized spacial score (nSPS) is 10.4. The molecule has 1 heterocycles. The number of nitrogens with zero attached hydrogens (tertiary/aromatic N) is 3. The molecule has 0 unspecified atom stereocenters. The van der Waals surface area contributed by atoms with Crippen molar-refractivity contribution in [2.45, 2.75) is 12.8 Å². The zero-order valence-electron chi connectivity index (χ0n) is 10.9. The molecule has 96 valence electrons. The summed E-state index contributed by atoms with van der Waals surface area (Å²) in [6.07, 6.45) is 3.60. The SMILES string of the molecule is COc1ccc(OC)c(CCc2cn(C)nn2)c1. The summed E-state index contributed by atoms with van der Waals surface area (Å²) in [5, 5.41) is 7.99. The van der Waals surface area contributed by atoms with Crippen LogP contribution >= 0.6 is 0 Å². The highest BCUT2D eigenvalue weighted by atomic mass is 16.5. The van der Waals surface area contributed by atoms with Crippen molar-refractivity contribution >= 4 is 0 Å². The van der Waals surface area contributed by atoms with Crippen LogP contribution in [-0.4, -0.2) is 29.2 Å². The maximum Gasteiger partial charge on any atom is 0.122 e. The first kappa shape index (κ1) is 12.4. The molecule has 1 aromatic carbocycles. The molecule has 0 aliphatic heterocycles. The molecular weight excluding hydrogens is 230 g/mol. The van der Waals surface area contributed by atoms with Crippen molar-refractivity contribution in [2.75, 3.05) is 14.2 Å². The standard InChI is InChI=1S/C13H17N3O2/c1-16-9-11(14-15-16)5-4-10-8-12(17-2)6-7-13(10)18-3/h6-9H,4-5H2,1-3H3. The molecule has 5 nitrogen and oxygen atoms in total. The molecule has 0 fully saturated rings. The van der Waals surface area contributed by atoms with Crippen LogP contribution in [0.1, 0.15) is 11.3 Å². The number of hydrogen-bond acceptors (Lipinski definition) is 4. The number of rotatable bonds is 5. The van der Waals surface area contributed by atoms with Gasteiger partial charge in [0.1, 0.15) is 11.5 Å².